The monoisotopic (exact) mass is 266 g/mol. The Bertz CT molecular complexity index is 443. The van der Waals surface area contributed by atoms with Crippen molar-refractivity contribution >= 4 is 17.5 Å². The van der Waals surface area contributed by atoms with Crippen LogP contribution >= 0.6 is 11.6 Å². The number of amides is 1. The minimum absolute atomic E-state index is 0.0185. The van der Waals surface area contributed by atoms with Gasteiger partial charge in [0.2, 0.25) is 5.91 Å². The number of rotatable bonds is 4. The molecule has 1 aromatic carbocycles. The molecule has 1 saturated carbocycles. The maximum absolute atomic E-state index is 12.2. The lowest BCUT2D eigenvalue weighted by Gasteiger charge is -2.31. The van der Waals surface area contributed by atoms with Crippen LogP contribution in [0.1, 0.15) is 38.3 Å². The van der Waals surface area contributed by atoms with E-state index in [4.69, 9.17) is 17.3 Å². The molecule has 2 rings (SSSR count). The zero-order valence-electron chi connectivity index (χ0n) is 10.8. The van der Waals surface area contributed by atoms with Gasteiger partial charge < -0.3 is 10.6 Å². The van der Waals surface area contributed by atoms with Crippen LogP contribution in [0, 0.1) is 0 Å². The van der Waals surface area contributed by atoms with E-state index < -0.39 is 6.04 Å². The summed E-state index contributed by atoms with van der Waals surface area (Å²) in [5, 5.41) is 0.698. The molecule has 0 radical (unpaired) electrons. The van der Waals surface area contributed by atoms with Crippen LogP contribution in [0.5, 0.6) is 0 Å². The second-order valence-corrected chi connectivity index (χ2v) is 5.43. The number of halogens is 1. The van der Waals surface area contributed by atoms with Crippen molar-refractivity contribution in [3.63, 3.8) is 0 Å². The fourth-order valence-electron chi connectivity index (χ4n) is 2.20. The molecule has 1 aliphatic carbocycles. The van der Waals surface area contributed by atoms with Crippen molar-refractivity contribution in [3.05, 3.63) is 34.9 Å². The number of nitrogens with two attached hydrogens (primary N) is 1. The molecule has 3 nitrogen and oxygen atoms in total. The van der Waals surface area contributed by atoms with Gasteiger partial charge in [0.1, 0.15) is 0 Å². The smallest absolute Gasteiger partial charge is 0.239 e. The summed E-state index contributed by atoms with van der Waals surface area (Å²) in [5.74, 6) is 0.0185. The van der Waals surface area contributed by atoms with E-state index in [2.05, 4.69) is 0 Å². The molecule has 0 aliphatic heterocycles. The highest BCUT2D eigenvalue weighted by atomic mass is 35.5. The minimum Gasteiger partial charge on any atom is -0.332 e. The van der Waals surface area contributed by atoms with Gasteiger partial charge in [-0.25, -0.2) is 0 Å². The molecular weight excluding hydrogens is 248 g/mol. The highest BCUT2D eigenvalue weighted by molar-refractivity contribution is 6.30. The third-order valence-electron chi connectivity index (χ3n) is 3.33. The predicted molar refractivity (Wildman–Crippen MR) is 73.4 cm³/mol. The third-order valence-corrected chi connectivity index (χ3v) is 3.57. The zero-order chi connectivity index (χ0) is 13.3. The molecule has 1 aromatic rings. The number of carbonyl (C=O) groups excluding carboxylic acids is 1. The number of hydrogen-bond donors (Lipinski definition) is 1. The summed E-state index contributed by atoms with van der Waals surface area (Å²) >= 11 is 6.00. The molecule has 0 aromatic heterocycles. The average molecular weight is 267 g/mol. The number of nitrogens with zero attached hydrogens (tertiary/aromatic N) is 1. The van der Waals surface area contributed by atoms with Crippen molar-refractivity contribution in [2.45, 2.75) is 44.8 Å². The van der Waals surface area contributed by atoms with Crippen molar-refractivity contribution in [1.82, 2.24) is 4.90 Å². The van der Waals surface area contributed by atoms with Gasteiger partial charge in [0.15, 0.2) is 0 Å². The van der Waals surface area contributed by atoms with E-state index in [1.165, 1.54) is 0 Å². The number of carbonyl (C=O) groups is 1. The molecule has 1 fully saturated rings. The summed E-state index contributed by atoms with van der Waals surface area (Å²) < 4.78 is 0. The highest BCUT2D eigenvalue weighted by Gasteiger charge is 2.37. The van der Waals surface area contributed by atoms with Crippen LogP contribution in [0.15, 0.2) is 24.3 Å². The van der Waals surface area contributed by atoms with Crippen molar-refractivity contribution in [3.8, 4) is 0 Å². The van der Waals surface area contributed by atoms with E-state index in [9.17, 15) is 4.79 Å². The molecule has 0 spiro atoms. The van der Waals surface area contributed by atoms with Gasteiger partial charge >= 0.3 is 0 Å². The maximum atomic E-state index is 12.2. The maximum Gasteiger partial charge on any atom is 0.239 e. The van der Waals surface area contributed by atoms with E-state index in [0.717, 1.165) is 18.4 Å². The Morgan fingerprint density at radius 1 is 1.44 bits per heavy atom. The Kier molecular flexibility index (Phi) is 3.93. The first-order valence-electron chi connectivity index (χ1n) is 6.34. The number of hydrogen-bond acceptors (Lipinski definition) is 2. The van der Waals surface area contributed by atoms with Gasteiger partial charge in [-0.3, -0.25) is 4.79 Å². The molecule has 1 amide bonds. The van der Waals surface area contributed by atoms with Crippen LogP contribution in [0.3, 0.4) is 0 Å². The Labute approximate surface area is 113 Å². The summed E-state index contributed by atoms with van der Waals surface area (Å²) in [6.07, 6.45) is 2.15. The molecule has 98 valence electrons. The average Bonchev–Trinajstić information content (AvgIpc) is 3.13. The third kappa shape index (κ3) is 2.85. The summed E-state index contributed by atoms with van der Waals surface area (Å²) in [5.41, 5.74) is 6.79. The van der Waals surface area contributed by atoms with E-state index in [-0.39, 0.29) is 11.9 Å². The quantitative estimate of drug-likeness (QED) is 0.911. The normalized spacial score (nSPS) is 18.2. The molecule has 2 N–H and O–H groups in total. The fraction of sp³-hybridized carbons (Fsp3) is 0.500. The lowest BCUT2D eigenvalue weighted by atomic mass is 10.1. The highest BCUT2D eigenvalue weighted by Crippen LogP contribution is 2.35. The van der Waals surface area contributed by atoms with Gasteiger partial charge in [0, 0.05) is 11.1 Å². The Balaban J connectivity index is 2.23. The lowest BCUT2D eigenvalue weighted by Crippen LogP contribution is -2.44. The van der Waals surface area contributed by atoms with Gasteiger partial charge in [0.25, 0.3) is 0 Å². The van der Waals surface area contributed by atoms with Crippen molar-refractivity contribution in [2.24, 2.45) is 5.73 Å². The molecule has 2 unspecified atom stereocenters. The van der Waals surface area contributed by atoms with Crippen LogP contribution in [-0.2, 0) is 4.79 Å². The first-order chi connectivity index (χ1) is 8.50. The SMILES string of the molecule is CC(N)C(=O)N(C1CC1)C(C)c1cccc(Cl)c1. The molecule has 1 aliphatic rings. The predicted octanol–water partition coefficient (Wildman–Crippen LogP) is 2.74. The largest absolute Gasteiger partial charge is 0.332 e. The van der Waals surface area contributed by atoms with E-state index >= 15 is 0 Å². The van der Waals surface area contributed by atoms with Gasteiger partial charge in [-0.15, -0.1) is 0 Å². The van der Waals surface area contributed by atoms with Gasteiger partial charge in [-0.2, -0.15) is 0 Å². The summed E-state index contributed by atoms with van der Waals surface area (Å²) in [7, 11) is 0. The molecule has 0 heterocycles. The number of benzene rings is 1. The van der Waals surface area contributed by atoms with Crippen molar-refractivity contribution in [1.29, 1.82) is 0 Å². The summed E-state index contributed by atoms with van der Waals surface area (Å²) in [4.78, 5) is 14.1. The summed E-state index contributed by atoms with van der Waals surface area (Å²) in [6, 6.07) is 7.58. The molecule has 18 heavy (non-hydrogen) atoms. The van der Waals surface area contributed by atoms with Crippen LogP contribution in [0.25, 0.3) is 0 Å². The minimum atomic E-state index is -0.452. The second-order valence-electron chi connectivity index (χ2n) is 5.00. The zero-order valence-corrected chi connectivity index (χ0v) is 11.5. The molecule has 4 heteroatoms. The van der Waals surface area contributed by atoms with Crippen LogP contribution in [-0.4, -0.2) is 22.9 Å². The standard InChI is InChI=1S/C14H19ClN2O/c1-9(16)14(18)17(13-6-7-13)10(2)11-4-3-5-12(15)8-11/h3-5,8-10,13H,6-7,16H2,1-2H3. The van der Waals surface area contributed by atoms with Crippen LogP contribution in [0.2, 0.25) is 5.02 Å². The Morgan fingerprint density at radius 3 is 2.61 bits per heavy atom. The molecule has 0 saturated heterocycles. The molecular formula is C14H19ClN2O. The van der Waals surface area contributed by atoms with E-state index in [0.29, 0.717) is 11.1 Å². The van der Waals surface area contributed by atoms with Gasteiger partial charge in [0.05, 0.1) is 12.1 Å². The Hall–Kier alpha value is -1.06. The van der Waals surface area contributed by atoms with E-state index in [1.807, 2.05) is 36.1 Å². The van der Waals surface area contributed by atoms with Gasteiger partial charge in [-0.05, 0) is 44.4 Å². The first-order valence-corrected chi connectivity index (χ1v) is 6.71. The van der Waals surface area contributed by atoms with Crippen molar-refractivity contribution < 1.29 is 4.79 Å². The Morgan fingerprint density at radius 2 is 2.11 bits per heavy atom. The van der Waals surface area contributed by atoms with Gasteiger partial charge in [-0.1, -0.05) is 23.7 Å². The first kappa shape index (κ1) is 13.4. The lowest BCUT2D eigenvalue weighted by molar-refractivity contribution is -0.135. The van der Waals surface area contributed by atoms with Crippen LogP contribution in [0.4, 0.5) is 0 Å². The second kappa shape index (κ2) is 5.29. The topological polar surface area (TPSA) is 46.3 Å². The molecule has 2 atom stereocenters. The van der Waals surface area contributed by atoms with Crippen LogP contribution < -0.4 is 5.73 Å². The van der Waals surface area contributed by atoms with Crippen molar-refractivity contribution in [2.75, 3.05) is 0 Å². The van der Waals surface area contributed by atoms with E-state index in [1.54, 1.807) is 6.92 Å². The summed E-state index contributed by atoms with van der Waals surface area (Å²) in [6.45, 7) is 3.77. The fourth-order valence-corrected chi connectivity index (χ4v) is 2.40. The molecule has 0 bridgehead atoms.